The third kappa shape index (κ3) is 6.96. The lowest BCUT2D eigenvalue weighted by atomic mass is 10.1. The van der Waals surface area contributed by atoms with Crippen LogP contribution in [0.4, 0.5) is 0 Å². The molecule has 31 heavy (non-hydrogen) atoms. The van der Waals surface area contributed by atoms with Gasteiger partial charge in [0.25, 0.3) is 5.91 Å². The topological polar surface area (TPSA) is 155 Å². The van der Waals surface area contributed by atoms with Gasteiger partial charge in [-0.05, 0) is 49.8 Å². The van der Waals surface area contributed by atoms with Gasteiger partial charge in [0.15, 0.2) is 0 Å². The molecular weight excluding hydrogens is 400 g/mol. The summed E-state index contributed by atoms with van der Waals surface area (Å²) in [7, 11) is 1.50. The summed E-state index contributed by atoms with van der Waals surface area (Å²) >= 11 is 0. The molecule has 0 unspecified atom stereocenters. The van der Waals surface area contributed by atoms with Gasteiger partial charge in [-0.15, -0.1) is 0 Å². The third-order valence-corrected chi connectivity index (χ3v) is 3.96. The van der Waals surface area contributed by atoms with Crippen LogP contribution in [-0.2, 0) is 9.59 Å². The molecule has 2 rings (SSSR count). The van der Waals surface area contributed by atoms with Crippen molar-refractivity contribution in [2.75, 3.05) is 7.11 Å². The summed E-state index contributed by atoms with van der Waals surface area (Å²) in [6.07, 6.45) is 4.31. The summed E-state index contributed by atoms with van der Waals surface area (Å²) in [5, 5.41) is 2.85. The molecule has 0 aliphatic carbocycles. The monoisotopic (exact) mass is 424 g/mol. The molecule has 162 valence electrons. The Morgan fingerprint density at radius 3 is 2.29 bits per heavy atom. The molecule has 5 N–H and O–H groups in total. The fourth-order valence-electron chi connectivity index (χ4n) is 2.33. The van der Waals surface area contributed by atoms with Crippen LogP contribution in [0.2, 0.25) is 0 Å². The van der Waals surface area contributed by atoms with Gasteiger partial charge in [-0.25, -0.2) is 15.0 Å². The Hall–Kier alpha value is -4.21. The highest BCUT2D eigenvalue weighted by molar-refractivity contribution is 6.43. The first-order chi connectivity index (χ1) is 14.7. The summed E-state index contributed by atoms with van der Waals surface area (Å²) in [5.41, 5.74) is 12.1. The Labute approximate surface area is 179 Å². The number of nitrogens with two attached hydrogens (primary N) is 2. The van der Waals surface area contributed by atoms with Gasteiger partial charge in [0, 0.05) is 5.70 Å². The van der Waals surface area contributed by atoms with E-state index in [1.54, 1.807) is 38.1 Å². The molecule has 0 aliphatic rings. The number of nitrogens with zero attached hydrogens (tertiary/aromatic N) is 3. The molecule has 0 saturated heterocycles. The van der Waals surface area contributed by atoms with Gasteiger partial charge in [0.2, 0.25) is 17.7 Å². The minimum Gasteiger partial charge on any atom is -0.480 e. The quantitative estimate of drug-likeness (QED) is 0.489. The van der Waals surface area contributed by atoms with E-state index >= 15 is 0 Å². The second-order valence-corrected chi connectivity index (χ2v) is 6.43. The first-order valence-corrected chi connectivity index (χ1v) is 9.15. The summed E-state index contributed by atoms with van der Waals surface area (Å²) in [5.74, 6) is -0.0642. The largest absolute Gasteiger partial charge is 0.480 e. The molecule has 0 radical (unpaired) electrons. The number of carbonyl (C=O) groups excluding carboxylic acids is 2. The number of hydrogen-bond donors (Lipinski definition) is 3. The number of primary amides is 2. The highest BCUT2D eigenvalue weighted by Crippen LogP contribution is 2.23. The van der Waals surface area contributed by atoms with Crippen molar-refractivity contribution < 1.29 is 19.1 Å². The smallest absolute Gasteiger partial charge is 0.267 e. The van der Waals surface area contributed by atoms with Gasteiger partial charge in [-0.3, -0.25) is 9.59 Å². The van der Waals surface area contributed by atoms with E-state index < -0.39 is 17.9 Å². The first-order valence-electron chi connectivity index (χ1n) is 9.15. The Bertz CT molecular complexity index is 1010. The van der Waals surface area contributed by atoms with Crippen LogP contribution in [0.3, 0.4) is 0 Å². The molecular formula is C21H24N6O4. The van der Waals surface area contributed by atoms with Crippen LogP contribution in [0.25, 0.3) is 5.70 Å². The van der Waals surface area contributed by atoms with Crippen LogP contribution in [0.5, 0.6) is 17.5 Å². The predicted molar refractivity (Wildman–Crippen MR) is 116 cm³/mol. The lowest BCUT2D eigenvalue weighted by Crippen LogP contribution is -2.38. The van der Waals surface area contributed by atoms with E-state index in [2.05, 4.69) is 26.9 Å². The van der Waals surface area contributed by atoms with E-state index in [1.165, 1.54) is 25.6 Å². The van der Waals surface area contributed by atoms with Crippen molar-refractivity contribution in [3.05, 3.63) is 60.6 Å². The maximum Gasteiger partial charge on any atom is 0.267 e. The van der Waals surface area contributed by atoms with Crippen LogP contribution < -0.4 is 26.3 Å². The van der Waals surface area contributed by atoms with Crippen molar-refractivity contribution >= 4 is 23.2 Å². The van der Waals surface area contributed by atoms with Gasteiger partial charge in [0.05, 0.1) is 25.2 Å². The van der Waals surface area contributed by atoms with Crippen molar-refractivity contribution in [1.82, 2.24) is 15.3 Å². The highest BCUT2D eigenvalue weighted by Gasteiger charge is 2.11. The molecule has 2 aromatic rings. The number of nitrogens with one attached hydrogen (secondary N) is 1. The van der Waals surface area contributed by atoms with Crippen molar-refractivity contribution in [2.24, 2.45) is 16.5 Å². The fraction of sp³-hybridized carbons (Fsp3) is 0.190. The van der Waals surface area contributed by atoms with Crippen LogP contribution >= 0.6 is 0 Å². The summed E-state index contributed by atoms with van der Waals surface area (Å²) in [6, 6.07) is 6.23. The van der Waals surface area contributed by atoms with Gasteiger partial charge in [-0.2, -0.15) is 0 Å². The van der Waals surface area contributed by atoms with E-state index in [0.29, 0.717) is 34.5 Å². The average Bonchev–Trinajstić information content (AvgIpc) is 2.74. The molecule has 0 aliphatic heterocycles. The first kappa shape index (κ1) is 23.1. The van der Waals surface area contributed by atoms with Crippen molar-refractivity contribution in [2.45, 2.75) is 19.9 Å². The maximum atomic E-state index is 11.8. The number of methoxy groups -OCH3 is 1. The Morgan fingerprint density at radius 1 is 1.16 bits per heavy atom. The second-order valence-electron chi connectivity index (χ2n) is 6.43. The Balaban J connectivity index is 2.13. The number of allylic oxidation sites excluding steroid dienone is 1. The molecule has 2 amide bonds. The Morgan fingerprint density at radius 2 is 1.77 bits per heavy atom. The number of aromatic nitrogens is 2. The number of ether oxygens (including phenoxy) is 2. The second kappa shape index (κ2) is 10.5. The van der Waals surface area contributed by atoms with Crippen molar-refractivity contribution in [3.8, 4) is 17.5 Å². The lowest BCUT2D eigenvalue weighted by Gasteiger charge is -2.12. The molecule has 0 spiro atoms. The van der Waals surface area contributed by atoms with Gasteiger partial charge in [-0.1, -0.05) is 6.58 Å². The molecule has 1 aromatic carbocycles. The number of hydrogen-bond acceptors (Lipinski definition) is 8. The summed E-state index contributed by atoms with van der Waals surface area (Å²) in [4.78, 5) is 35.2. The number of benzene rings is 1. The van der Waals surface area contributed by atoms with Crippen LogP contribution in [-0.4, -0.2) is 40.6 Å². The molecule has 0 bridgehead atoms. The minimum absolute atomic E-state index is 0.0273. The fourth-order valence-corrected chi connectivity index (χ4v) is 2.33. The Kier molecular flexibility index (Phi) is 7.84. The normalized spacial score (nSPS) is 12.6. The van der Waals surface area contributed by atoms with Gasteiger partial charge < -0.3 is 26.3 Å². The number of carbonyl (C=O) groups is 2. The lowest BCUT2D eigenvalue weighted by molar-refractivity contribution is -0.119. The van der Waals surface area contributed by atoms with Gasteiger partial charge >= 0.3 is 0 Å². The summed E-state index contributed by atoms with van der Waals surface area (Å²) < 4.78 is 10.6. The molecule has 10 heteroatoms. The molecule has 1 aromatic heterocycles. The van der Waals surface area contributed by atoms with E-state index in [-0.39, 0.29) is 5.71 Å². The maximum absolute atomic E-state index is 11.8. The van der Waals surface area contributed by atoms with Gasteiger partial charge in [0.1, 0.15) is 17.5 Å². The zero-order valence-corrected chi connectivity index (χ0v) is 17.5. The van der Waals surface area contributed by atoms with Crippen LogP contribution in [0.15, 0.2) is 60.0 Å². The number of rotatable bonds is 10. The highest BCUT2D eigenvalue weighted by atomic mass is 16.5. The predicted octanol–water partition coefficient (Wildman–Crippen LogP) is 1.54. The van der Waals surface area contributed by atoms with Crippen LogP contribution in [0, 0.1) is 0 Å². The average molecular weight is 424 g/mol. The minimum atomic E-state index is -0.743. The van der Waals surface area contributed by atoms with Crippen molar-refractivity contribution in [3.63, 3.8) is 0 Å². The number of amides is 2. The zero-order chi connectivity index (χ0) is 23.0. The molecule has 1 heterocycles. The van der Waals surface area contributed by atoms with Crippen LogP contribution in [0.1, 0.15) is 19.4 Å². The SMILES string of the molecule is C=C(/N=C(\C=C(/C)N[C@@H](C)C(N)=O)C(N)=O)c1ccc(Oc2cnc(OC)cn2)cc1. The zero-order valence-electron chi connectivity index (χ0n) is 17.5. The number of aliphatic imine (C=N–C) groups is 1. The standard InChI is InChI=1S/C21H24N6O4/c1-12(26-14(3)20(22)28)9-17(21(23)29)27-13(2)15-5-7-16(8-6-15)31-19-11-24-18(30-4)10-25-19/h5-11,14,26H,2H2,1,3-4H3,(H2,22,28)(H2,23,29)/b12-9+,27-17+/t14-/m0/s1. The van der Waals surface area contributed by atoms with E-state index in [9.17, 15) is 9.59 Å². The van der Waals surface area contributed by atoms with E-state index in [0.717, 1.165) is 0 Å². The van der Waals surface area contributed by atoms with E-state index in [1.807, 2.05) is 0 Å². The molecule has 1 atom stereocenters. The molecule has 10 nitrogen and oxygen atoms in total. The third-order valence-electron chi connectivity index (χ3n) is 3.96. The van der Waals surface area contributed by atoms with Crippen molar-refractivity contribution in [1.29, 1.82) is 0 Å². The molecule has 0 fully saturated rings. The molecule has 0 saturated carbocycles. The van der Waals surface area contributed by atoms with E-state index in [4.69, 9.17) is 20.9 Å². The summed E-state index contributed by atoms with van der Waals surface area (Å²) in [6.45, 7) is 7.14.